The lowest BCUT2D eigenvalue weighted by Crippen LogP contribution is -2.22. The van der Waals surface area contributed by atoms with Crippen LogP contribution in [-0.4, -0.2) is 27.2 Å². The van der Waals surface area contributed by atoms with Crippen LogP contribution in [0, 0.1) is 3.57 Å². The Kier molecular flexibility index (Phi) is 6.09. The molecule has 2 rings (SSSR count). The summed E-state index contributed by atoms with van der Waals surface area (Å²) in [6.07, 6.45) is 0. The van der Waals surface area contributed by atoms with Crippen LogP contribution in [0.3, 0.4) is 0 Å². The second kappa shape index (κ2) is 8.05. The molecule has 0 fully saturated rings. The Morgan fingerprint density at radius 1 is 1.00 bits per heavy atom. The molecule has 0 radical (unpaired) electrons. The van der Waals surface area contributed by atoms with Crippen molar-refractivity contribution in [3.63, 3.8) is 0 Å². The van der Waals surface area contributed by atoms with E-state index in [1.807, 2.05) is 24.3 Å². The normalized spacial score (nSPS) is 10.1. The number of hydrogen-bond donors (Lipinski definition) is 1. The van der Waals surface area contributed by atoms with Gasteiger partial charge in [-0.25, -0.2) is 0 Å². The maximum absolute atomic E-state index is 12.2. The number of hydrogen-bond acceptors (Lipinski definition) is 4. The largest absolute Gasteiger partial charge is 0.493 e. The Hall–Kier alpha value is -1.96. The van der Waals surface area contributed by atoms with Crippen molar-refractivity contribution in [2.45, 2.75) is 6.54 Å². The van der Waals surface area contributed by atoms with Gasteiger partial charge in [-0.05, 0) is 64.6 Å². The molecular formula is C17H18INO4. The van der Waals surface area contributed by atoms with Crippen molar-refractivity contribution in [3.8, 4) is 17.2 Å². The maximum Gasteiger partial charge on any atom is 0.251 e. The first-order valence-corrected chi connectivity index (χ1v) is 7.99. The zero-order chi connectivity index (χ0) is 16.8. The van der Waals surface area contributed by atoms with E-state index in [0.717, 1.165) is 9.13 Å². The highest BCUT2D eigenvalue weighted by atomic mass is 127. The number of amides is 1. The molecule has 0 aliphatic carbocycles. The van der Waals surface area contributed by atoms with Gasteiger partial charge >= 0.3 is 0 Å². The number of halogens is 1. The summed E-state index contributed by atoms with van der Waals surface area (Å²) in [6, 6.07) is 11.0. The average molecular weight is 427 g/mol. The second-order valence-corrected chi connectivity index (χ2v) is 5.97. The zero-order valence-corrected chi connectivity index (χ0v) is 15.3. The lowest BCUT2D eigenvalue weighted by Gasteiger charge is -2.14. The molecule has 0 unspecified atom stereocenters. The average Bonchev–Trinajstić information content (AvgIpc) is 2.59. The minimum atomic E-state index is -0.129. The SMILES string of the molecule is COc1cc(CNC(=O)c2ccc(I)cc2)cc(OC)c1OC. The molecular weight excluding hydrogens is 409 g/mol. The molecule has 5 nitrogen and oxygen atoms in total. The fourth-order valence-corrected chi connectivity index (χ4v) is 2.48. The van der Waals surface area contributed by atoms with Gasteiger partial charge < -0.3 is 19.5 Å². The summed E-state index contributed by atoms with van der Waals surface area (Å²) < 4.78 is 17.0. The molecule has 122 valence electrons. The van der Waals surface area contributed by atoms with Gasteiger partial charge in [-0.15, -0.1) is 0 Å². The number of benzene rings is 2. The van der Waals surface area contributed by atoms with E-state index in [1.54, 1.807) is 33.5 Å². The van der Waals surface area contributed by atoms with Crippen molar-refractivity contribution in [3.05, 3.63) is 51.1 Å². The first-order valence-electron chi connectivity index (χ1n) is 6.91. The molecule has 0 heterocycles. The van der Waals surface area contributed by atoms with Crippen LogP contribution >= 0.6 is 22.6 Å². The van der Waals surface area contributed by atoms with Crippen LogP contribution in [-0.2, 0) is 6.54 Å². The highest BCUT2D eigenvalue weighted by Gasteiger charge is 2.13. The highest BCUT2D eigenvalue weighted by Crippen LogP contribution is 2.38. The van der Waals surface area contributed by atoms with Crippen LogP contribution in [0.4, 0.5) is 0 Å². The topological polar surface area (TPSA) is 56.8 Å². The third kappa shape index (κ3) is 4.28. The van der Waals surface area contributed by atoms with Crippen molar-refractivity contribution in [1.82, 2.24) is 5.32 Å². The minimum absolute atomic E-state index is 0.129. The zero-order valence-electron chi connectivity index (χ0n) is 13.2. The molecule has 0 aromatic heterocycles. The first-order chi connectivity index (χ1) is 11.1. The number of carbonyl (C=O) groups is 1. The minimum Gasteiger partial charge on any atom is -0.493 e. The summed E-state index contributed by atoms with van der Waals surface area (Å²) in [5.74, 6) is 1.52. The molecule has 0 spiro atoms. The smallest absolute Gasteiger partial charge is 0.251 e. The third-order valence-electron chi connectivity index (χ3n) is 3.28. The van der Waals surface area contributed by atoms with Gasteiger partial charge in [-0.1, -0.05) is 0 Å². The molecule has 2 aromatic carbocycles. The van der Waals surface area contributed by atoms with Gasteiger partial charge in [0.1, 0.15) is 0 Å². The molecule has 0 saturated carbocycles. The molecule has 0 bridgehead atoms. The summed E-state index contributed by atoms with van der Waals surface area (Å²) in [5.41, 5.74) is 1.48. The van der Waals surface area contributed by atoms with Crippen molar-refractivity contribution >= 4 is 28.5 Å². The van der Waals surface area contributed by atoms with E-state index in [0.29, 0.717) is 29.4 Å². The fourth-order valence-electron chi connectivity index (χ4n) is 2.12. The molecule has 6 heteroatoms. The molecule has 0 saturated heterocycles. The molecule has 0 aliphatic heterocycles. The van der Waals surface area contributed by atoms with E-state index in [4.69, 9.17) is 14.2 Å². The van der Waals surface area contributed by atoms with E-state index >= 15 is 0 Å². The standard InChI is InChI=1S/C17H18INO4/c1-21-14-8-11(9-15(22-2)16(14)23-3)10-19-17(20)12-4-6-13(18)7-5-12/h4-9H,10H2,1-3H3,(H,19,20). The Bertz CT molecular complexity index is 660. The summed E-state index contributed by atoms with van der Waals surface area (Å²) in [4.78, 5) is 12.2. The number of methoxy groups -OCH3 is 3. The van der Waals surface area contributed by atoms with Gasteiger partial charge in [0.15, 0.2) is 11.5 Å². The lowest BCUT2D eigenvalue weighted by atomic mass is 10.1. The Morgan fingerprint density at radius 3 is 2.04 bits per heavy atom. The Balaban J connectivity index is 2.13. The predicted octanol–water partition coefficient (Wildman–Crippen LogP) is 3.25. The van der Waals surface area contributed by atoms with Crippen molar-refractivity contribution in [2.24, 2.45) is 0 Å². The van der Waals surface area contributed by atoms with E-state index in [9.17, 15) is 4.79 Å². The van der Waals surface area contributed by atoms with Crippen LogP contribution < -0.4 is 19.5 Å². The number of carbonyl (C=O) groups excluding carboxylic acids is 1. The van der Waals surface area contributed by atoms with Crippen molar-refractivity contribution in [1.29, 1.82) is 0 Å². The van der Waals surface area contributed by atoms with E-state index in [1.165, 1.54) is 0 Å². The van der Waals surface area contributed by atoms with Gasteiger partial charge in [0.25, 0.3) is 5.91 Å². The van der Waals surface area contributed by atoms with Gasteiger partial charge in [0.05, 0.1) is 21.3 Å². The van der Waals surface area contributed by atoms with E-state index in [2.05, 4.69) is 27.9 Å². The molecule has 0 aliphatic rings. The number of ether oxygens (including phenoxy) is 3. The fraction of sp³-hybridized carbons (Fsp3) is 0.235. The summed E-state index contributed by atoms with van der Waals surface area (Å²) in [6.45, 7) is 0.363. The monoisotopic (exact) mass is 427 g/mol. The summed E-state index contributed by atoms with van der Waals surface area (Å²) >= 11 is 2.20. The Labute approximate surface area is 149 Å². The third-order valence-corrected chi connectivity index (χ3v) is 4.00. The molecule has 23 heavy (non-hydrogen) atoms. The van der Waals surface area contributed by atoms with Crippen LogP contribution in [0.25, 0.3) is 0 Å². The molecule has 1 amide bonds. The Morgan fingerprint density at radius 2 is 1.57 bits per heavy atom. The van der Waals surface area contributed by atoms with Gasteiger partial charge in [0, 0.05) is 15.7 Å². The summed E-state index contributed by atoms with van der Waals surface area (Å²) in [5, 5.41) is 2.88. The molecule has 2 aromatic rings. The van der Waals surface area contributed by atoms with Crippen molar-refractivity contribution in [2.75, 3.05) is 21.3 Å². The number of rotatable bonds is 6. The molecule has 0 atom stereocenters. The number of nitrogens with one attached hydrogen (secondary N) is 1. The van der Waals surface area contributed by atoms with Crippen LogP contribution in [0.2, 0.25) is 0 Å². The first kappa shape index (κ1) is 17.4. The summed E-state index contributed by atoms with van der Waals surface area (Å²) in [7, 11) is 4.68. The lowest BCUT2D eigenvalue weighted by molar-refractivity contribution is 0.0951. The maximum atomic E-state index is 12.2. The predicted molar refractivity (Wildman–Crippen MR) is 96.4 cm³/mol. The van der Waals surface area contributed by atoms with Crippen LogP contribution in [0.5, 0.6) is 17.2 Å². The quantitative estimate of drug-likeness (QED) is 0.720. The van der Waals surface area contributed by atoms with E-state index < -0.39 is 0 Å². The highest BCUT2D eigenvalue weighted by molar-refractivity contribution is 14.1. The van der Waals surface area contributed by atoms with Gasteiger partial charge in [-0.3, -0.25) is 4.79 Å². The van der Waals surface area contributed by atoms with Gasteiger partial charge in [-0.2, -0.15) is 0 Å². The molecule has 1 N–H and O–H groups in total. The van der Waals surface area contributed by atoms with Gasteiger partial charge in [0.2, 0.25) is 5.75 Å². The van der Waals surface area contributed by atoms with E-state index in [-0.39, 0.29) is 5.91 Å². The van der Waals surface area contributed by atoms with Crippen LogP contribution in [0.15, 0.2) is 36.4 Å². The van der Waals surface area contributed by atoms with Crippen molar-refractivity contribution < 1.29 is 19.0 Å². The second-order valence-electron chi connectivity index (χ2n) is 4.72. The van der Waals surface area contributed by atoms with Crippen LogP contribution in [0.1, 0.15) is 15.9 Å².